The molecule has 2 amide bonds. The molecule has 5 nitrogen and oxygen atoms in total. The van der Waals surface area contributed by atoms with Crippen molar-refractivity contribution in [3.05, 3.63) is 35.4 Å². The van der Waals surface area contributed by atoms with Crippen LogP contribution in [0, 0.1) is 23.0 Å². The molecule has 0 aliphatic heterocycles. The Balaban J connectivity index is 2.83. The molecule has 146 valence electrons. The summed E-state index contributed by atoms with van der Waals surface area (Å²) < 4.78 is 27.5. The molecule has 1 aromatic carbocycles. The van der Waals surface area contributed by atoms with Gasteiger partial charge in [-0.15, -0.1) is 0 Å². The van der Waals surface area contributed by atoms with Crippen molar-refractivity contribution in [2.24, 2.45) is 11.3 Å². The van der Waals surface area contributed by atoms with Gasteiger partial charge >= 0.3 is 0 Å². The molecule has 1 atom stereocenters. The highest BCUT2D eigenvalue weighted by Gasteiger charge is 2.28. The maximum absolute atomic E-state index is 13.8. The number of halogens is 2. The zero-order valence-electron chi connectivity index (χ0n) is 16.3. The van der Waals surface area contributed by atoms with E-state index < -0.39 is 29.1 Å². The molecule has 0 aromatic heterocycles. The Morgan fingerprint density at radius 2 is 1.69 bits per heavy atom. The van der Waals surface area contributed by atoms with E-state index >= 15 is 0 Å². The highest BCUT2D eigenvalue weighted by Crippen LogP contribution is 2.16. The maximum Gasteiger partial charge on any atom is 0.257 e. The SMILES string of the molecule is CC(C)[C@H](NC(=O)c1c(F)cccc1F)C(=O)NCC(C)(C)CN(C)C. The van der Waals surface area contributed by atoms with Crippen LogP contribution in [-0.4, -0.2) is 49.9 Å². The van der Waals surface area contributed by atoms with Gasteiger partial charge in [0.25, 0.3) is 5.91 Å². The largest absolute Gasteiger partial charge is 0.354 e. The lowest BCUT2D eigenvalue weighted by Crippen LogP contribution is -2.52. The number of nitrogens with one attached hydrogen (secondary N) is 2. The van der Waals surface area contributed by atoms with E-state index in [0.29, 0.717) is 6.54 Å². The normalized spacial score (nSPS) is 13.0. The zero-order valence-corrected chi connectivity index (χ0v) is 16.3. The number of carbonyl (C=O) groups excluding carboxylic acids is 2. The van der Waals surface area contributed by atoms with Gasteiger partial charge in [-0.05, 0) is 37.6 Å². The Morgan fingerprint density at radius 3 is 2.15 bits per heavy atom. The van der Waals surface area contributed by atoms with Gasteiger partial charge < -0.3 is 15.5 Å². The summed E-state index contributed by atoms with van der Waals surface area (Å²) in [6.45, 7) is 8.74. The summed E-state index contributed by atoms with van der Waals surface area (Å²) in [5.41, 5.74) is -0.846. The van der Waals surface area contributed by atoms with E-state index in [-0.39, 0.29) is 17.2 Å². The van der Waals surface area contributed by atoms with Crippen LogP contribution < -0.4 is 10.6 Å². The Bertz CT molecular complexity index is 625. The third-order valence-electron chi connectivity index (χ3n) is 3.91. The molecule has 0 aliphatic carbocycles. The second kappa shape index (κ2) is 9.07. The molecule has 7 heteroatoms. The van der Waals surface area contributed by atoms with Gasteiger partial charge in [0.2, 0.25) is 5.91 Å². The Morgan fingerprint density at radius 1 is 1.15 bits per heavy atom. The molecule has 0 spiro atoms. The fraction of sp³-hybridized carbons (Fsp3) is 0.579. The van der Waals surface area contributed by atoms with Crippen molar-refractivity contribution in [3.8, 4) is 0 Å². The van der Waals surface area contributed by atoms with Crippen molar-refractivity contribution in [2.75, 3.05) is 27.2 Å². The fourth-order valence-electron chi connectivity index (χ4n) is 2.81. The Labute approximate surface area is 154 Å². The minimum Gasteiger partial charge on any atom is -0.354 e. The predicted molar refractivity (Wildman–Crippen MR) is 97.8 cm³/mol. The van der Waals surface area contributed by atoms with Crippen molar-refractivity contribution < 1.29 is 18.4 Å². The second-order valence-electron chi connectivity index (χ2n) is 7.91. The quantitative estimate of drug-likeness (QED) is 0.740. The summed E-state index contributed by atoms with van der Waals surface area (Å²) in [5.74, 6) is -3.49. The fourth-order valence-corrected chi connectivity index (χ4v) is 2.81. The van der Waals surface area contributed by atoms with Crippen LogP contribution in [0.1, 0.15) is 38.1 Å². The first-order valence-electron chi connectivity index (χ1n) is 8.62. The van der Waals surface area contributed by atoms with Gasteiger partial charge in [0, 0.05) is 13.1 Å². The van der Waals surface area contributed by atoms with Crippen molar-refractivity contribution >= 4 is 11.8 Å². The first kappa shape index (κ1) is 22.0. The molecule has 0 aliphatic rings. The van der Waals surface area contributed by atoms with E-state index in [9.17, 15) is 18.4 Å². The summed E-state index contributed by atoms with van der Waals surface area (Å²) in [6.07, 6.45) is 0. The van der Waals surface area contributed by atoms with Gasteiger partial charge in [0.05, 0.1) is 0 Å². The molecule has 1 aromatic rings. The lowest BCUT2D eigenvalue weighted by molar-refractivity contribution is -0.124. The van der Waals surface area contributed by atoms with Crippen LogP contribution in [0.2, 0.25) is 0 Å². The highest BCUT2D eigenvalue weighted by molar-refractivity contribution is 5.98. The topological polar surface area (TPSA) is 61.4 Å². The lowest BCUT2D eigenvalue weighted by Gasteiger charge is -2.30. The Kier molecular flexibility index (Phi) is 7.68. The van der Waals surface area contributed by atoms with Crippen molar-refractivity contribution in [2.45, 2.75) is 33.7 Å². The van der Waals surface area contributed by atoms with E-state index in [2.05, 4.69) is 10.6 Å². The zero-order chi connectivity index (χ0) is 20.1. The molecular weight excluding hydrogens is 340 g/mol. The molecule has 0 fully saturated rings. The molecule has 0 bridgehead atoms. The van der Waals surface area contributed by atoms with Gasteiger partial charge in [0.15, 0.2) is 0 Å². The lowest BCUT2D eigenvalue weighted by atomic mass is 9.92. The molecule has 0 saturated carbocycles. The van der Waals surface area contributed by atoms with Crippen LogP contribution in [0.4, 0.5) is 8.78 Å². The number of hydrogen-bond donors (Lipinski definition) is 2. The van der Waals surface area contributed by atoms with Crippen molar-refractivity contribution in [1.82, 2.24) is 15.5 Å². The predicted octanol–water partition coefficient (Wildman–Crippen LogP) is 2.42. The molecular formula is C19H29F2N3O2. The Hall–Kier alpha value is -2.02. The minimum atomic E-state index is -0.961. The van der Waals surface area contributed by atoms with Crippen molar-refractivity contribution in [3.63, 3.8) is 0 Å². The smallest absolute Gasteiger partial charge is 0.257 e. The number of carbonyl (C=O) groups is 2. The number of hydrogen-bond acceptors (Lipinski definition) is 3. The van der Waals surface area contributed by atoms with Gasteiger partial charge in [-0.2, -0.15) is 0 Å². The number of benzene rings is 1. The molecule has 1 rings (SSSR count). The van der Waals surface area contributed by atoms with Gasteiger partial charge in [-0.1, -0.05) is 33.8 Å². The van der Waals surface area contributed by atoms with Crippen LogP contribution in [0.25, 0.3) is 0 Å². The first-order chi connectivity index (χ1) is 11.9. The second-order valence-corrected chi connectivity index (χ2v) is 7.91. The molecule has 0 unspecified atom stereocenters. The standard InChI is InChI=1S/C19H29F2N3O2/c1-12(2)16(18(26)22-10-19(3,4)11-24(5)6)23-17(25)15-13(20)8-7-9-14(15)21/h7-9,12,16H,10-11H2,1-6H3,(H,22,26)(H,23,25)/t16-/m0/s1. The molecule has 2 N–H and O–H groups in total. The molecule has 0 heterocycles. The average Bonchev–Trinajstić information content (AvgIpc) is 2.48. The van der Waals surface area contributed by atoms with Crippen LogP contribution in [0.15, 0.2) is 18.2 Å². The molecule has 26 heavy (non-hydrogen) atoms. The molecule has 0 saturated heterocycles. The van der Waals surface area contributed by atoms with E-state index in [0.717, 1.165) is 18.7 Å². The van der Waals surface area contributed by atoms with E-state index in [1.54, 1.807) is 13.8 Å². The van der Waals surface area contributed by atoms with Gasteiger partial charge in [0.1, 0.15) is 23.2 Å². The first-order valence-corrected chi connectivity index (χ1v) is 8.62. The third-order valence-corrected chi connectivity index (χ3v) is 3.91. The van der Waals surface area contributed by atoms with Crippen LogP contribution in [0.3, 0.4) is 0 Å². The summed E-state index contributed by atoms with van der Waals surface area (Å²) in [6, 6.07) is 2.30. The highest BCUT2D eigenvalue weighted by atomic mass is 19.1. The number of nitrogens with zero attached hydrogens (tertiary/aromatic N) is 1. The van der Waals surface area contributed by atoms with Crippen molar-refractivity contribution in [1.29, 1.82) is 0 Å². The average molecular weight is 369 g/mol. The monoisotopic (exact) mass is 369 g/mol. The van der Waals surface area contributed by atoms with Crippen LogP contribution >= 0.6 is 0 Å². The third kappa shape index (κ3) is 6.37. The minimum absolute atomic E-state index is 0.164. The van der Waals surface area contributed by atoms with E-state index in [4.69, 9.17) is 0 Å². The summed E-state index contributed by atoms with van der Waals surface area (Å²) in [5, 5.41) is 5.28. The van der Waals surface area contributed by atoms with Gasteiger partial charge in [-0.3, -0.25) is 9.59 Å². The number of amides is 2. The summed E-state index contributed by atoms with van der Waals surface area (Å²) in [4.78, 5) is 26.8. The maximum atomic E-state index is 13.8. The van der Waals surface area contributed by atoms with Crippen LogP contribution in [0.5, 0.6) is 0 Å². The van der Waals surface area contributed by atoms with Crippen LogP contribution in [-0.2, 0) is 4.79 Å². The molecule has 0 radical (unpaired) electrons. The van der Waals surface area contributed by atoms with E-state index in [1.165, 1.54) is 6.07 Å². The number of rotatable bonds is 8. The van der Waals surface area contributed by atoms with E-state index in [1.807, 2.05) is 32.8 Å². The summed E-state index contributed by atoms with van der Waals surface area (Å²) in [7, 11) is 3.90. The summed E-state index contributed by atoms with van der Waals surface area (Å²) >= 11 is 0. The van der Waals surface area contributed by atoms with Gasteiger partial charge in [-0.25, -0.2) is 8.78 Å².